The lowest BCUT2D eigenvalue weighted by atomic mass is 9.85. The largest absolute Gasteiger partial charge is 0.495 e. The summed E-state index contributed by atoms with van der Waals surface area (Å²) in [6.07, 6.45) is 2.80. The molecule has 2 aromatic rings. The Kier molecular flexibility index (Phi) is 5.52. The van der Waals surface area contributed by atoms with Crippen LogP contribution in [0.25, 0.3) is 0 Å². The summed E-state index contributed by atoms with van der Waals surface area (Å²) in [4.78, 5) is 12.1. The summed E-state index contributed by atoms with van der Waals surface area (Å²) in [6, 6.07) is 11.4. The lowest BCUT2D eigenvalue weighted by Gasteiger charge is -2.24. The molecule has 8 heteroatoms. The van der Waals surface area contributed by atoms with Crippen molar-refractivity contribution in [3.63, 3.8) is 0 Å². The molecule has 1 fully saturated rings. The fourth-order valence-electron chi connectivity index (χ4n) is 2.61. The third kappa shape index (κ3) is 4.19. The number of carbonyl (C=O) groups excluding carboxylic acids is 1. The van der Waals surface area contributed by atoms with Gasteiger partial charge in [0.15, 0.2) is 0 Å². The number of halogens is 1. The third-order valence-electron chi connectivity index (χ3n) is 4.29. The molecule has 0 spiro atoms. The number of benzene rings is 2. The third-order valence-corrected chi connectivity index (χ3v) is 6.22. The van der Waals surface area contributed by atoms with E-state index in [4.69, 9.17) is 4.74 Å². The highest BCUT2D eigenvalue weighted by atomic mass is 79.9. The van der Waals surface area contributed by atoms with Crippen LogP contribution in [0.15, 0.2) is 51.8 Å². The Balaban J connectivity index is 1.86. The lowest BCUT2D eigenvalue weighted by molar-refractivity contribution is -0.122. The minimum absolute atomic E-state index is 0.0121. The number of hydrogen-bond acceptors (Lipinski definition) is 4. The number of anilines is 2. The van der Waals surface area contributed by atoms with Crippen LogP contribution in [0.2, 0.25) is 0 Å². The molecule has 0 bridgehead atoms. The van der Waals surface area contributed by atoms with Gasteiger partial charge in [0.05, 0.1) is 7.11 Å². The van der Waals surface area contributed by atoms with E-state index in [0.717, 1.165) is 23.7 Å². The van der Waals surface area contributed by atoms with Crippen molar-refractivity contribution >= 4 is 43.2 Å². The van der Waals surface area contributed by atoms with Crippen LogP contribution in [0.3, 0.4) is 0 Å². The molecule has 0 radical (unpaired) electrons. The van der Waals surface area contributed by atoms with Gasteiger partial charge in [0.2, 0.25) is 5.91 Å². The number of methoxy groups -OCH3 is 1. The van der Waals surface area contributed by atoms with Crippen LogP contribution in [-0.2, 0) is 14.8 Å². The maximum Gasteiger partial charge on any atom is 0.265 e. The van der Waals surface area contributed by atoms with E-state index in [1.807, 2.05) is 0 Å². The monoisotopic (exact) mass is 438 g/mol. The Morgan fingerprint density at radius 3 is 2.35 bits per heavy atom. The molecule has 2 aromatic carbocycles. The van der Waals surface area contributed by atoms with Crippen LogP contribution in [-0.4, -0.2) is 21.4 Å². The van der Waals surface area contributed by atoms with Gasteiger partial charge < -0.3 is 10.1 Å². The number of hydrogen-bond donors (Lipinski definition) is 2. The first-order valence-corrected chi connectivity index (χ1v) is 10.4. The van der Waals surface area contributed by atoms with Gasteiger partial charge in [0.25, 0.3) is 10.0 Å². The molecule has 0 aromatic heterocycles. The van der Waals surface area contributed by atoms with Crippen LogP contribution in [0.1, 0.15) is 19.3 Å². The average Bonchev–Trinajstić information content (AvgIpc) is 2.55. The maximum atomic E-state index is 12.8. The lowest BCUT2D eigenvalue weighted by Crippen LogP contribution is -2.28. The van der Waals surface area contributed by atoms with Crippen molar-refractivity contribution in [2.75, 3.05) is 17.1 Å². The highest BCUT2D eigenvalue weighted by Crippen LogP contribution is 2.31. The van der Waals surface area contributed by atoms with E-state index in [-0.39, 0.29) is 22.5 Å². The van der Waals surface area contributed by atoms with Crippen LogP contribution in [0.5, 0.6) is 5.75 Å². The molecular formula is C18H19BrN2O4S. The molecule has 26 heavy (non-hydrogen) atoms. The number of rotatable bonds is 6. The molecule has 0 heterocycles. The standard InChI is InChI=1S/C18H19BrN2O4S/c1-25-16-10-9-15(20-18(22)12-3-2-4-12)11-17(16)26(23,24)21-14-7-5-13(19)6-8-14/h5-12,21H,2-4H2,1H3,(H,20,22). The van der Waals surface area contributed by atoms with Crippen LogP contribution >= 0.6 is 15.9 Å². The summed E-state index contributed by atoms with van der Waals surface area (Å²) < 4.78 is 34.1. The zero-order valence-corrected chi connectivity index (χ0v) is 16.6. The molecule has 1 amide bonds. The molecule has 3 rings (SSSR count). The number of carbonyl (C=O) groups is 1. The van der Waals surface area contributed by atoms with Crippen LogP contribution < -0.4 is 14.8 Å². The van der Waals surface area contributed by atoms with E-state index in [0.29, 0.717) is 11.4 Å². The minimum Gasteiger partial charge on any atom is -0.495 e. The zero-order chi connectivity index (χ0) is 18.7. The van der Waals surface area contributed by atoms with E-state index in [1.165, 1.54) is 19.2 Å². The van der Waals surface area contributed by atoms with Gasteiger partial charge in [0, 0.05) is 21.8 Å². The fraction of sp³-hybridized carbons (Fsp3) is 0.278. The van der Waals surface area contributed by atoms with Gasteiger partial charge in [-0.2, -0.15) is 0 Å². The van der Waals surface area contributed by atoms with Gasteiger partial charge in [-0.3, -0.25) is 9.52 Å². The summed E-state index contributed by atoms with van der Waals surface area (Å²) in [5.41, 5.74) is 0.859. The Morgan fingerprint density at radius 1 is 1.12 bits per heavy atom. The van der Waals surface area contributed by atoms with Gasteiger partial charge >= 0.3 is 0 Å². The Morgan fingerprint density at radius 2 is 1.77 bits per heavy atom. The van der Waals surface area contributed by atoms with Gasteiger partial charge in [-0.15, -0.1) is 0 Å². The Bertz CT molecular complexity index is 909. The van der Waals surface area contributed by atoms with E-state index < -0.39 is 10.0 Å². The number of amides is 1. The first-order chi connectivity index (χ1) is 12.4. The summed E-state index contributed by atoms with van der Waals surface area (Å²) in [5, 5.41) is 2.79. The average molecular weight is 439 g/mol. The zero-order valence-electron chi connectivity index (χ0n) is 14.2. The van der Waals surface area contributed by atoms with Crippen molar-refractivity contribution in [2.24, 2.45) is 5.92 Å². The van der Waals surface area contributed by atoms with E-state index in [9.17, 15) is 13.2 Å². The number of ether oxygens (including phenoxy) is 1. The van der Waals surface area contributed by atoms with Crippen LogP contribution in [0.4, 0.5) is 11.4 Å². The highest BCUT2D eigenvalue weighted by Gasteiger charge is 2.26. The second-order valence-corrected chi connectivity index (χ2v) is 8.66. The summed E-state index contributed by atoms with van der Waals surface area (Å²) >= 11 is 3.31. The molecule has 1 saturated carbocycles. The van der Waals surface area contributed by atoms with Crippen molar-refractivity contribution in [2.45, 2.75) is 24.2 Å². The van der Waals surface area contributed by atoms with Gasteiger partial charge in [0.1, 0.15) is 10.6 Å². The Hall–Kier alpha value is -2.06. The topological polar surface area (TPSA) is 84.5 Å². The van der Waals surface area contributed by atoms with Gasteiger partial charge in [-0.05, 0) is 55.3 Å². The smallest absolute Gasteiger partial charge is 0.265 e. The van der Waals surface area contributed by atoms with Crippen molar-refractivity contribution in [3.8, 4) is 5.75 Å². The molecule has 6 nitrogen and oxygen atoms in total. The quantitative estimate of drug-likeness (QED) is 0.713. The first kappa shape index (κ1) is 18.7. The predicted molar refractivity (Wildman–Crippen MR) is 104 cm³/mol. The molecule has 0 aliphatic heterocycles. The minimum atomic E-state index is -3.88. The molecule has 0 atom stereocenters. The highest BCUT2D eigenvalue weighted by molar-refractivity contribution is 9.10. The number of sulfonamides is 1. The van der Waals surface area contributed by atoms with Crippen LogP contribution in [0, 0.1) is 5.92 Å². The maximum absolute atomic E-state index is 12.8. The summed E-state index contributed by atoms with van der Waals surface area (Å²) in [7, 11) is -2.48. The SMILES string of the molecule is COc1ccc(NC(=O)C2CCC2)cc1S(=O)(=O)Nc1ccc(Br)cc1. The van der Waals surface area contributed by atoms with Crippen molar-refractivity contribution in [3.05, 3.63) is 46.9 Å². The van der Waals surface area contributed by atoms with E-state index >= 15 is 0 Å². The number of nitrogens with one attached hydrogen (secondary N) is 2. The molecule has 2 N–H and O–H groups in total. The fourth-order valence-corrected chi connectivity index (χ4v) is 4.13. The normalized spacial score (nSPS) is 14.4. The predicted octanol–water partition coefficient (Wildman–Crippen LogP) is 4.00. The first-order valence-electron chi connectivity index (χ1n) is 8.16. The van der Waals surface area contributed by atoms with Gasteiger partial charge in [-0.1, -0.05) is 22.4 Å². The summed E-state index contributed by atoms with van der Waals surface area (Å²) in [6.45, 7) is 0. The molecule has 0 unspecified atom stereocenters. The molecule has 1 aliphatic carbocycles. The van der Waals surface area contributed by atoms with E-state index in [2.05, 4.69) is 26.0 Å². The molecular weight excluding hydrogens is 420 g/mol. The molecule has 1 aliphatic rings. The molecule has 138 valence electrons. The molecule has 0 saturated heterocycles. The second-order valence-electron chi connectivity index (χ2n) is 6.10. The van der Waals surface area contributed by atoms with Crippen molar-refractivity contribution in [1.29, 1.82) is 0 Å². The van der Waals surface area contributed by atoms with Gasteiger partial charge in [-0.25, -0.2) is 8.42 Å². The second kappa shape index (κ2) is 7.67. The van der Waals surface area contributed by atoms with Crippen molar-refractivity contribution in [1.82, 2.24) is 0 Å². The summed E-state index contributed by atoms with van der Waals surface area (Å²) in [5.74, 6) is 0.139. The Labute approximate surface area is 161 Å². The van der Waals surface area contributed by atoms with Crippen molar-refractivity contribution < 1.29 is 17.9 Å². The van der Waals surface area contributed by atoms with E-state index in [1.54, 1.807) is 30.3 Å².